The van der Waals surface area contributed by atoms with Gasteiger partial charge in [-0.25, -0.2) is 4.98 Å². The second-order valence-corrected chi connectivity index (χ2v) is 6.09. The first-order chi connectivity index (χ1) is 12.7. The molecular weight excluding hydrogens is 320 g/mol. The summed E-state index contributed by atoms with van der Waals surface area (Å²) in [5.41, 5.74) is 5.64. The maximum absolute atomic E-state index is 9.84. The lowest BCUT2D eigenvalue weighted by molar-refractivity contribution is 0.514. The Kier molecular flexibility index (Phi) is 4.12. The van der Waals surface area contributed by atoms with E-state index >= 15 is 0 Å². The number of imidazole rings is 1. The number of nitrogens with one attached hydrogen (secondary N) is 1. The number of hydrogen-bond acceptors (Lipinski definition) is 2. The van der Waals surface area contributed by atoms with E-state index in [0.29, 0.717) is 0 Å². The Morgan fingerprint density at radius 1 is 0.923 bits per heavy atom. The fourth-order valence-electron chi connectivity index (χ4n) is 3.00. The summed E-state index contributed by atoms with van der Waals surface area (Å²) in [6.07, 6.45) is 4.00. The summed E-state index contributed by atoms with van der Waals surface area (Å²) in [6.45, 7) is 3.66. The van der Waals surface area contributed by atoms with Crippen LogP contribution in [0.2, 0.25) is 0 Å². The van der Waals surface area contributed by atoms with Gasteiger partial charge in [-0.3, -0.25) is 0 Å². The molecule has 3 heteroatoms. The van der Waals surface area contributed by atoms with Gasteiger partial charge in [0.1, 0.15) is 11.6 Å². The molecule has 0 unspecified atom stereocenters. The summed E-state index contributed by atoms with van der Waals surface area (Å²) < 4.78 is 0. The minimum atomic E-state index is 0.0641. The molecule has 0 radical (unpaired) electrons. The van der Waals surface area contributed by atoms with Crippen molar-refractivity contribution >= 4 is 28.9 Å². The number of aliphatic hydroxyl groups is 1. The van der Waals surface area contributed by atoms with E-state index in [1.54, 1.807) is 0 Å². The van der Waals surface area contributed by atoms with Crippen LogP contribution in [0.25, 0.3) is 40.1 Å². The standard InChI is InChI=1S/C23H18N2O/c1-16(26)19-9-5-6-10-20(19)18-12-13-21-22(15-18)25-23(24-21)14-11-17-7-3-2-4-8-17/h2-15,26H,1H2,(H,24,25)/b14-11+. The van der Waals surface area contributed by atoms with E-state index in [1.807, 2.05) is 72.8 Å². The van der Waals surface area contributed by atoms with Crippen molar-refractivity contribution in [3.05, 3.63) is 96.3 Å². The molecule has 1 aromatic heterocycles. The fraction of sp³-hybridized carbons (Fsp3) is 0. The van der Waals surface area contributed by atoms with E-state index in [9.17, 15) is 5.11 Å². The van der Waals surface area contributed by atoms with E-state index in [1.165, 1.54) is 0 Å². The second-order valence-electron chi connectivity index (χ2n) is 6.09. The lowest BCUT2D eigenvalue weighted by Gasteiger charge is -2.08. The first kappa shape index (κ1) is 15.9. The van der Waals surface area contributed by atoms with Gasteiger partial charge in [-0.2, -0.15) is 0 Å². The summed E-state index contributed by atoms with van der Waals surface area (Å²) in [7, 11) is 0. The molecule has 0 atom stereocenters. The van der Waals surface area contributed by atoms with Crippen LogP contribution in [-0.2, 0) is 0 Å². The summed E-state index contributed by atoms with van der Waals surface area (Å²) in [5.74, 6) is 0.870. The van der Waals surface area contributed by atoms with Crippen LogP contribution in [0.4, 0.5) is 0 Å². The van der Waals surface area contributed by atoms with E-state index in [-0.39, 0.29) is 5.76 Å². The highest BCUT2D eigenvalue weighted by Crippen LogP contribution is 2.29. The highest BCUT2D eigenvalue weighted by Gasteiger charge is 2.09. The molecule has 1 heterocycles. The molecule has 4 rings (SSSR count). The van der Waals surface area contributed by atoms with Crippen molar-refractivity contribution in [1.82, 2.24) is 9.97 Å². The maximum atomic E-state index is 9.84. The van der Waals surface area contributed by atoms with Crippen molar-refractivity contribution in [2.75, 3.05) is 0 Å². The van der Waals surface area contributed by atoms with Crippen LogP contribution < -0.4 is 0 Å². The number of nitrogens with zero attached hydrogens (tertiary/aromatic N) is 1. The predicted molar refractivity (Wildman–Crippen MR) is 109 cm³/mol. The molecule has 3 aromatic carbocycles. The first-order valence-corrected chi connectivity index (χ1v) is 8.41. The number of H-pyrrole nitrogens is 1. The molecule has 26 heavy (non-hydrogen) atoms. The molecule has 0 saturated heterocycles. The summed E-state index contributed by atoms with van der Waals surface area (Å²) in [5, 5.41) is 9.84. The Hall–Kier alpha value is -3.59. The summed E-state index contributed by atoms with van der Waals surface area (Å²) in [6, 6.07) is 23.8. The quantitative estimate of drug-likeness (QED) is 0.453. The van der Waals surface area contributed by atoms with Gasteiger partial charge >= 0.3 is 0 Å². The number of hydrogen-bond donors (Lipinski definition) is 2. The lowest BCUT2D eigenvalue weighted by atomic mass is 9.98. The van der Waals surface area contributed by atoms with Gasteiger partial charge in [0, 0.05) is 5.56 Å². The van der Waals surface area contributed by atoms with Gasteiger partial charge < -0.3 is 10.1 Å². The minimum Gasteiger partial charge on any atom is -0.508 e. The van der Waals surface area contributed by atoms with Crippen molar-refractivity contribution < 1.29 is 5.11 Å². The van der Waals surface area contributed by atoms with Gasteiger partial charge in [0.25, 0.3) is 0 Å². The average molecular weight is 338 g/mol. The summed E-state index contributed by atoms with van der Waals surface area (Å²) >= 11 is 0. The number of fused-ring (bicyclic) bond motifs is 1. The van der Waals surface area contributed by atoms with Crippen LogP contribution in [0.3, 0.4) is 0 Å². The first-order valence-electron chi connectivity index (χ1n) is 8.41. The molecule has 0 saturated carbocycles. The number of benzene rings is 3. The lowest BCUT2D eigenvalue weighted by Crippen LogP contribution is -1.87. The van der Waals surface area contributed by atoms with Gasteiger partial charge in [-0.1, -0.05) is 73.3 Å². The number of rotatable bonds is 4. The molecule has 2 N–H and O–H groups in total. The van der Waals surface area contributed by atoms with E-state index in [2.05, 4.69) is 28.7 Å². The second kappa shape index (κ2) is 6.73. The van der Waals surface area contributed by atoms with Crippen molar-refractivity contribution in [1.29, 1.82) is 0 Å². The third kappa shape index (κ3) is 3.15. The van der Waals surface area contributed by atoms with Gasteiger partial charge in [-0.05, 0) is 34.9 Å². The Morgan fingerprint density at radius 2 is 1.69 bits per heavy atom. The zero-order valence-electron chi connectivity index (χ0n) is 14.2. The Balaban J connectivity index is 1.71. The van der Waals surface area contributed by atoms with Crippen LogP contribution in [0.5, 0.6) is 0 Å². The predicted octanol–water partition coefficient (Wildman–Crippen LogP) is 5.93. The van der Waals surface area contributed by atoms with Gasteiger partial charge in [0.15, 0.2) is 0 Å². The Morgan fingerprint density at radius 3 is 2.50 bits per heavy atom. The third-order valence-corrected chi connectivity index (χ3v) is 4.28. The Bertz CT molecular complexity index is 1110. The SMILES string of the molecule is C=C(O)c1ccccc1-c1ccc2[nH]c(/C=C/c3ccccc3)nc2c1. The molecule has 0 fully saturated rings. The smallest absolute Gasteiger partial charge is 0.131 e. The zero-order chi connectivity index (χ0) is 17.9. The normalized spacial score (nSPS) is 11.2. The number of aromatic amines is 1. The molecule has 0 aliphatic heterocycles. The van der Waals surface area contributed by atoms with Crippen LogP contribution >= 0.6 is 0 Å². The molecule has 0 bridgehead atoms. The molecule has 0 aliphatic carbocycles. The highest BCUT2D eigenvalue weighted by molar-refractivity contribution is 5.86. The average Bonchev–Trinajstić information content (AvgIpc) is 3.09. The van der Waals surface area contributed by atoms with Crippen LogP contribution in [0.1, 0.15) is 17.0 Å². The fourth-order valence-corrected chi connectivity index (χ4v) is 3.00. The molecule has 0 aliphatic rings. The third-order valence-electron chi connectivity index (χ3n) is 4.28. The zero-order valence-corrected chi connectivity index (χ0v) is 14.2. The number of aliphatic hydroxyl groups excluding tert-OH is 1. The van der Waals surface area contributed by atoms with Crippen molar-refractivity contribution in [2.45, 2.75) is 0 Å². The molecule has 0 spiro atoms. The number of aromatic nitrogens is 2. The van der Waals surface area contributed by atoms with Gasteiger partial charge in [0.2, 0.25) is 0 Å². The molecule has 126 valence electrons. The van der Waals surface area contributed by atoms with Crippen LogP contribution in [-0.4, -0.2) is 15.1 Å². The van der Waals surface area contributed by atoms with E-state index in [0.717, 1.165) is 39.1 Å². The molecule has 3 nitrogen and oxygen atoms in total. The topological polar surface area (TPSA) is 48.9 Å². The maximum Gasteiger partial charge on any atom is 0.131 e. The Labute approximate surface area is 152 Å². The van der Waals surface area contributed by atoms with Crippen molar-refractivity contribution in [2.24, 2.45) is 0 Å². The van der Waals surface area contributed by atoms with Gasteiger partial charge in [0.05, 0.1) is 11.0 Å². The van der Waals surface area contributed by atoms with Crippen molar-refractivity contribution in [3.8, 4) is 11.1 Å². The van der Waals surface area contributed by atoms with Gasteiger partial charge in [-0.15, -0.1) is 0 Å². The molecule has 0 amide bonds. The van der Waals surface area contributed by atoms with E-state index < -0.39 is 0 Å². The minimum absolute atomic E-state index is 0.0641. The van der Waals surface area contributed by atoms with Crippen LogP contribution in [0, 0.1) is 0 Å². The summed E-state index contributed by atoms with van der Waals surface area (Å²) in [4.78, 5) is 7.98. The van der Waals surface area contributed by atoms with E-state index in [4.69, 9.17) is 0 Å². The van der Waals surface area contributed by atoms with Crippen LogP contribution in [0.15, 0.2) is 79.4 Å². The highest BCUT2D eigenvalue weighted by atomic mass is 16.3. The molecular formula is C23H18N2O. The monoisotopic (exact) mass is 338 g/mol. The largest absolute Gasteiger partial charge is 0.508 e. The molecule has 4 aromatic rings. The van der Waals surface area contributed by atoms with Crippen molar-refractivity contribution in [3.63, 3.8) is 0 Å².